The van der Waals surface area contributed by atoms with Crippen molar-refractivity contribution in [2.75, 3.05) is 0 Å². The van der Waals surface area contributed by atoms with E-state index in [2.05, 4.69) is 0 Å². The van der Waals surface area contributed by atoms with Crippen LogP contribution in [0.5, 0.6) is 0 Å². The summed E-state index contributed by atoms with van der Waals surface area (Å²) < 4.78 is 72.2. The molecule has 0 fully saturated rings. The predicted molar refractivity (Wildman–Crippen MR) is 155 cm³/mol. The van der Waals surface area contributed by atoms with E-state index in [1.54, 1.807) is 54.6 Å². The average Bonchev–Trinajstić information content (AvgIpc) is 2.98. The van der Waals surface area contributed by atoms with Crippen LogP contribution >= 0.6 is 0 Å². The van der Waals surface area contributed by atoms with Crippen molar-refractivity contribution in [3.8, 4) is 22.3 Å². The van der Waals surface area contributed by atoms with E-state index < -0.39 is 28.7 Å². The zero-order chi connectivity index (χ0) is 29.3. The molecule has 1 atom stereocenters. The van der Waals surface area contributed by atoms with Crippen molar-refractivity contribution in [1.29, 1.82) is 0 Å². The molecule has 0 N–H and O–H groups in total. The van der Waals surface area contributed by atoms with Gasteiger partial charge in [-0.3, -0.25) is 0 Å². The number of rotatable bonds is 6. The van der Waals surface area contributed by atoms with Crippen molar-refractivity contribution < 1.29 is 22.0 Å². The fraction of sp³-hybridized carbons (Fsp3) is 0.0270. The van der Waals surface area contributed by atoms with E-state index >= 15 is 0 Å². The third-order valence-corrected chi connectivity index (χ3v) is 7.52. The molecule has 0 nitrogen and oxygen atoms in total. The second-order valence-electron chi connectivity index (χ2n) is 10.1. The van der Waals surface area contributed by atoms with Crippen LogP contribution in [0.2, 0.25) is 0 Å². The summed E-state index contributed by atoms with van der Waals surface area (Å²) in [6.45, 7) is 0. The van der Waals surface area contributed by atoms with E-state index in [1.807, 2.05) is 42.5 Å². The van der Waals surface area contributed by atoms with Crippen LogP contribution in [-0.4, -0.2) is 0 Å². The predicted octanol–water partition coefficient (Wildman–Crippen LogP) is 10.1. The third-order valence-electron chi connectivity index (χ3n) is 7.52. The van der Waals surface area contributed by atoms with E-state index in [4.69, 9.17) is 0 Å². The van der Waals surface area contributed by atoms with Crippen molar-refractivity contribution in [1.82, 2.24) is 0 Å². The Morgan fingerprint density at radius 2 is 0.786 bits per heavy atom. The van der Waals surface area contributed by atoms with E-state index in [9.17, 15) is 22.0 Å². The Labute approximate surface area is 240 Å². The molecule has 0 saturated carbocycles. The summed E-state index contributed by atoms with van der Waals surface area (Å²) in [7, 11) is 0. The van der Waals surface area contributed by atoms with Gasteiger partial charge in [0.2, 0.25) is 0 Å². The third kappa shape index (κ3) is 4.99. The number of benzene rings is 6. The van der Waals surface area contributed by atoms with Gasteiger partial charge in [-0.15, -0.1) is 0 Å². The van der Waals surface area contributed by atoms with E-state index in [0.29, 0.717) is 38.9 Å². The van der Waals surface area contributed by atoms with Crippen LogP contribution in [0.15, 0.2) is 140 Å². The topological polar surface area (TPSA) is 0 Å². The fourth-order valence-electron chi connectivity index (χ4n) is 5.69. The Bertz CT molecular complexity index is 1820. The molecule has 206 valence electrons. The Morgan fingerprint density at radius 3 is 1.33 bits per heavy atom. The highest BCUT2D eigenvalue weighted by Gasteiger charge is 2.39. The number of hydrogen-bond acceptors (Lipinski definition) is 0. The monoisotopic (exact) mass is 562 g/mol. The van der Waals surface area contributed by atoms with Gasteiger partial charge in [0, 0.05) is 17.7 Å². The molecule has 0 heterocycles. The van der Waals surface area contributed by atoms with Crippen molar-refractivity contribution in [2.45, 2.75) is 5.41 Å². The molecule has 0 aliphatic heterocycles. The summed E-state index contributed by atoms with van der Waals surface area (Å²) in [6.07, 6.45) is 0. The van der Waals surface area contributed by atoms with Crippen molar-refractivity contribution in [2.24, 2.45) is 0 Å². The maximum absolute atomic E-state index is 14.8. The second kappa shape index (κ2) is 11.1. The first-order chi connectivity index (χ1) is 20.3. The molecule has 6 rings (SSSR count). The Kier molecular flexibility index (Phi) is 7.17. The summed E-state index contributed by atoms with van der Waals surface area (Å²) in [5.74, 6) is -3.23. The molecule has 6 aromatic rings. The van der Waals surface area contributed by atoms with Crippen LogP contribution in [0.3, 0.4) is 0 Å². The lowest BCUT2D eigenvalue weighted by molar-refractivity contribution is 0.573. The van der Waals surface area contributed by atoms with E-state index in [0.717, 1.165) is 17.7 Å². The van der Waals surface area contributed by atoms with E-state index in [-0.39, 0.29) is 5.82 Å². The summed E-state index contributed by atoms with van der Waals surface area (Å²) >= 11 is 0. The first-order valence-electron chi connectivity index (χ1n) is 13.3. The summed E-state index contributed by atoms with van der Waals surface area (Å²) in [4.78, 5) is 0. The lowest BCUT2D eigenvalue weighted by Crippen LogP contribution is -2.31. The van der Waals surface area contributed by atoms with Gasteiger partial charge in [0.05, 0.1) is 5.41 Å². The van der Waals surface area contributed by atoms with Crippen LogP contribution in [0, 0.1) is 29.1 Å². The molecule has 1 unspecified atom stereocenters. The standard InChI is InChI=1S/C37H23F5/c38-31-18-26(19-32(39)22-31)24-10-14-28(15-11-24)37(27-6-2-1-3-7-27,30-20-33(40)23-34(41)21-30)29-16-12-25(13-17-29)35-8-4-5-9-36(35)42/h1-23H. The second-order valence-corrected chi connectivity index (χ2v) is 10.1. The molecule has 6 aromatic carbocycles. The first-order valence-corrected chi connectivity index (χ1v) is 13.3. The quantitative estimate of drug-likeness (QED) is 0.140. The van der Waals surface area contributed by atoms with Gasteiger partial charge >= 0.3 is 0 Å². The Morgan fingerprint density at radius 1 is 0.333 bits per heavy atom. The van der Waals surface area contributed by atoms with E-state index in [1.165, 1.54) is 30.3 Å². The zero-order valence-corrected chi connectivity index (χ0v) is 22.2. The maximum atomic E-state index is 14.8. The summed E-state index contributed by atoms with van der Waals surface area (Å²) in [6, 6.07) is 36.7. The van der Waals surface area contributed by atoms with Crippen LogP contribution in [0.4, 0.5) is 22.0 Å². The molecular weight excluding hydrogens is 539 g/mol. The lowest BCUT2D eigenvalue weighted by atomic mass is 9.65. The largest absolute Gasteiger partial charge is 0.207 e. The van der Waals surface area contributed by atoms with Gasteiger partial charge in [-0.1, -0.05) is 97.1 Å². The van der Waals surface area contributed by atoms with Crippen molar-refractivity contribution >= 4 is 0 Å². The molecular formula is C37H23F5. The minimum atomic E-state index is -1.20. The van der Waals surface area contributed by atoms with Crippen LogP contribution in [0.1, 0.15) is 22.3 Å². The smallest absolute Gasteiger partial charge is 0.131 e. The average molecular weight is 563 g/mol. The zero-order valence-electron chi connectivity index (χ0n) is 22.2. The van der Waals surface area contributed by atoms with Crippen LogP contribution < -0.4 is 0 Å². The van der Waals surface area contributed by atoms with Gasteiger partial charge < -0.3 is 0 Å². The minimum Gasteiger partial charge on any atom is -0.207 e. The Hall–Kier alpha value is -5.03. The molecule has 0 bridgehead atoms. The molecule has 0 amide bonds. The maximum Gasteiger partial charge on any atom is 0.131 e. The summed E-state index contributed by atoms with van der Waals surface area (Å²) in [5.41, 5.74) is 3.22. The first kappa shape index (κ1) is 27.2. The SMILES string of the molecule is Fc1cc(F)cc(-c2ccc(C(c3ccccc3)(c3ccc(-c4ccccc4F)cc3)c3cc(F)cc(F)c3)cc2)c1. The molecule has 0 aliphatic carbocycles. The lowest BCUT2D eigenvalue weighted by Gasteiger charge is -2.37. The highest BCUT2D eigenvalue weighted by atomic mass is 19.1. The van der Waals surface area contributed by atoms with Gasteiger partial charge in [0.1, 0.15) is 29.1 Å². The van der Waals surface area contributed by atoms with Gasteiger partial charge in [-0.25, -0.2) is 22.0 Å². The Balaban J connectivity index is 1.61. The number of halogens is 5. The molecule has 0 spiro atoms. The molecule has 0 aromatic heterocycles. The van der Waals surface area contributed by atoms with Crippen LogP contribution in [-0.2, 0) is 5.41 Å². The molecule has 0 aliphatic rings. The van der Waals surface area contributed by atoms with Gasteiger partial charge in [0.15, 0.2) is 0 Å². The summed E-state index contributed by atoms with van der Waals surface area (Å²) in [5, 5.41) is 0. The normalized spacial score (nSPS) is 12.6. The van der Waals surface area contributed by atoms with Gasteiger partial charge in [-0.05, 0) is 69.3 Å². The highest BCUT2D eigenvalue weighted by molar-refractivity contribution is 5.69. The van der Waals surface area contributed by atoms with Gasteiger partial charge in [-0.2, -0.15) is 0 Å². The number of hydrogen-bond donors (Lipinski definition) is 0. The molecule has 0 saturated heterocycles. The molecule has 5 heteroatoms. The highest BCUT2D eigenvalue weighted by Crippen LogP contribution is 2.46. The molecule has 42 heavy (non-hydrogen) atoms. The van der Waals surface area contributed by atoms with Crippen molar-refractivity contribution in [3.63, 3.8) is 0 Å². The minimum absolute atomic E-state index is 0.342. The van der Waals surface area contributed by atoms with Crippen molar-refractivity contribution in [3.05, 3.63) is 191 Å². The van der Waals surface area contributed by atoms with Gasteiger partial charge in [0.25, 0.3) is 0 Å². The van der Waals surface area contributed by atoms with Crippen LogP contribution in [0.25, 0.3) is 22.3 Å². The molecule has 0 radical (unpaired) electrons. The fourth-order valence-corrected chi connectivity index (χ4v) is 5.69.